The Morgan fingerprint density at radius 1 is 1.20 bits per heavy atom. The zero-order valence-electron chi connectivity index (χ0n) is 14.6. The van der Waals surface area contributed by atoms with E-state index < -0.39 is 5.60 Å². The molecule has 0 fully saturated rings. The second-order valence-electron chi connectivity index (χ2n) is 6.82. The number of nitrogens with zero attached hydrogens (tertiary/aromatic N) is 1. The SMILES string of the molecule is COc1c2c(cc3c(=O)c4cccc(O)c4n(C)c13)C=CC(C)(C)O2. The molecular weight excluding hydrogens is 318 g/mol. The molecule has 0 saturated carbocycles. The van der Waals surface area contributed by atoms with Crippen molar-refractivity contribution in [2.45, 2.75) is 19.4 Å². The zero-order chi connectivity index (χ0) is 17.9. The van der Waals surface area contributed by atoms with Crippen LogP contribution in [0.4, 0.5) is 0 Å². The maximum atomic E-state index is 13.0. The van der Waals surface area contributed by atoms with Crippen LogP contribution in [0.2, 0.25) is 0 Å². The Bertz CT molecular complexity index is 1120. The summed E-state index contributed by atoms with van der Waals surface area (Å²) in [5.41, 5.74) is 1.28. The predicted octanol–water partition coefficient (Wildman–Crippen LogP) is 3.59. The van der Waals surface area contributed by atoms with Gasteiger partial charge in [-0.25, -0.2) is 0 Å². The largest absolute Gasteiger partial charge is 0.506 e. The van der Waals surface area contributed by atoms with Gasteiger partial charge in [-0.05, 0) is 38.1 Å². The summed E-state index contributed by atoms with van der Waals surface area (Å²) in [6, 6.07) is 6.79. The molecular formula is C20H19NO4. The average molecular weight is 337 g/mol. The molecule has 0 spiro atoms. The lowest BCUT2D eigenvalue weighted by Crippen LogP contribution is -2.28. The minimum atomic E-state index is -0.466. The highest BCUT2D eigenvalue weighted by Crippen LogP contribution is 2.44. The van der Waals surface area contributed by atoms with Gasteiger partial charge in [0, 0.05) is 12.6 Å². The molecule has 0 unspecified atom stereocenters. The van der Waals surface area contributed by atoms with Gasteiger partial charge in [0.2, 0.25) is 0 Å². The Kier molecular flexibility index (Phi) is 3.13. The molecule has 1 aromatic heterocycles. The van der Waals surface area contributed by atoms with E-state index in [9.17, 15) is 9.90 Å². The van der Waals surface area contributed by atoms with Gasteiger partial charge in [0.1, 0.15) is 11.4 Å². The van der Waals surface area contributed by atoms with Gasteiger partial charge in [0.05, 0.1) is 28.9 Å². The lowest BCUT2D eigenvalue weighted by molar-refractivity contribution is 0.152. The van der Waals surface area contributed by atoms with Crippen LogP contribution < -0.4 is 14.9 Å². The van der Waals surface area contributed by atoms with Gasteiger partial charge in [-0.1, -0.05) is 12.1 Å². The van der Waals surface area contributed by atoms with E-state index in [1.807, 2.05) is 39.1 Å². The van der Waals surface area contributed by atoms with E-state index in [-0.39, 0.29) is 11.2 Å². The molecule has 0 bridgehead atoms. The molecule has 2 aromatic carbocycles. The van der Waals surface area contributed by atoms with Gasteiger partial charge >= 0.3 is 0 Å². The van der Waals surface area contributed by atoms with Crippen molar-refractivity contribution in [3.05, 3.63) is 46.1 Å². The number of benzene rings is 2. The van der Waals surface area contributed by atoms with Crippen LogP contribution in [0.3, 0.4) is 0 Å². The van der Waals surface area contributed by atoms with Crippen molar-refractivity contribution in [1.29, 1.82) is 0 Å². The standard InChI is InChI=1S/C20H19NO4/c1-20(2)9-8-11-10-13-16(19(24-4)18(11)25-20)21(3)15-12(17(13)23)6-5-7-14(15)22/h5-10,22H,1-4H3. The van der Waals surface area contributed by atoms with E-state index in [0.717, 1.165) is 5.56 Å². The molecule has 4 rings (SSSR count). The van der Waals surface area contributed by atoms with Crippen LogP contribution in [0, 0.1) is 0 Å². The summed E-state index contributed by atoms with van der Waals surface area (Å²) in [7, 11) is 3.37. The summed E-state index contributed by atoms with van der Waals surface area (Å²) in [5, 5.41) is 11.3. The van der Waals surface area contributed by atoms with Gasteiger partial charge < -0.3 is 19.1 Å². The zero-order valence-corrected chi connectivity index (χ0v) is 14.6. The van der Waals surface area contributed by atoms with Crippen molar-refractivity contribution in [1.82, 2.24) is 4.57 Å². The average Bonchev–Trinajstić information content (AvgIpc) is 2.57. The number of aryl methyl sites for hydroxylation is 1. The number of pyridine rings is 1. The number of para-hydroxylation sites is 1. The van der Waals surface area contributed by atoms with Crippen LogP contribution in [0.15, 0.2) is 35.1 Å². The molecule has 0 radical (unpaired) electrons. The van der Waals surface area contributed by atoms with E-state index in [1.165, 1.54) is 0 Å². The molecule has 1 aliphatic heterocycles. The number of methoxy groups -OCH3 is 1. The van der Waals surface area contributed by atoms with Crippen molar-refractivity contribution < 1.29 is 14.6 Å². The number of hydrogen-bond acceptors (Lipinski definition) is 4. The van der Waals surface area contributed by atoms with Crippen LogP contribution in [-0.2, 0) is 7.05 Å². The maximum Gasteiger partial charge on any atom is 0.197 e. The molecule has 2 heterocycles. The predicted molar refractivity (Wildman–Crippen MR) is 98.7 cm³/mol. The van der Waals surface area contributed by atoms with Crippen LogP contribution in [0.5, 0.6) is 17.2 Å². The van der Waals surface area contributed by atoms with Crippen molar-refractivity contribution in [3.63, 3.8) is 0 Å². The minimum absolute atomic E-state index is 0.0555. The maximum absolute atomic E-state index is 13.0. The van der Waals surface area contributed by atoms with E-state index >= 15 is 0 Å². The molecule has 1 N–H and O–H groups in total. The summed E-state index contributed by atoms with van der Waals surface area (Å²) < 4.78 is 13.5. The van der Waals surface area contributed by atoms with Crippen LogP contribution in [0.1, 0.15) is 19.4 Å². The second-order valence-corrected chi connectivity index (χ2v) is 6.82. The number of phenols is 1. The fraction of sp³-hybridized carbons (Fsp3) is 0.250. The van der Waals surface area contributed by atoms with Crippen molar-refractivity contribution in [2.24, 2.45) is 7.05 Å². The fourth-order valence-corrected chi connectivity index (χ4v) is 3.49. The topological polar surface area (TPSA) is 60.7 Å². The second kappa shape index (κ2) is 5.02. The Morgan fingerprint density at radius 3 is 2.68 bits per heavy atom. The Morgan fingerprint density at radius 2 is 1.96 bits per heavy atom. The lowest BCUT2D eigenvalue weighted by Gasteiger charge is -2.30. The highest BCUT2D eigenvalue weighted by molar-refractivity contribution is 6.01. The molecule has 0 aliphatic carbocycles. The summed E-state index contributed by atoms with van der Waals surface area (Å²) in [4.78, 5) is 13.0. The van der Waals surface area contributed by atoms with Crippen molar-refractivity contribution in [3.8, 4) is 17.2 Å². The first-order valence-corrected chi connectivity index (χ1v) is 8.07. The molecule has 0 atom stereocenters. The third-order valence-electron chi connectivity index (χ3n) is 4.65. The number of ether oxygens (including phenoxy) is 2. The number of rotatable bonds is 1. The Hall–Kier alpha value is -2.95. The molecule has 25 heavy (non-hydrogen) atoms. The summed E-state index contributed by atoms with van der Waals surface area (Å²) in [6.07, 6.45) is 3.91. The van der Waals surface area contributed by atoms with Gasteiger partial charge in [0.15, 0.2) is 16.9 Å². The molecule has 5 nitrogen and oxygen atoms in total. The monoisotopic (exact) mass is 337 g/mol. The van der Waals surface area contributed by atoms with E-state index in [2.05, 4.69) is 0 Å². The van der Waals surface area contributed by atoms with Gasteiger partial charge in [-0.15, -0.1) is 0 Å². The van der Waals surface area contributed by atoms with E-state index in [0.29, 0.717) is 33.3 Å². The molecule has 0 amide bonds. The minimum Gasteiger partial charge on any atom is -0.506 e. The highest BCUT2D eigenvalue weighted by Gasteiger charge is 2.28. The lowest BCUT2D eigenvalue weighted by atomic mass is 9.99. The third-order valence-corrected chi connectivity index (χ3v) is 4.65. The first-order chi connectivity index (χ1) is 11.8. The van der Waals surface area contributed by atoms with E-state index in [1.54, 1.807) is 29.9 Å². The first kappa shape index (κ1) is 15.6. The number of fused-ring (bicyclic) bond motifs is 3. The fourth-order valence-electron chi connectivity index (χ4n) is 3.49. The van der Waals surface area contributed by atoms with Gasteiger partial charge in [-0.2, -0.15) is 0 Å². The van der Waals surface area contributed by atoms with Gasteiger partial charge in [0.25, 0.3) is 0 Å². The molecule has 1 aliphatic rings. The number of aromatic hydroxyl groups is 1. The quantitative estimate of drug-likeness (QED) is 0.689. The first-order valence-electron chi connectivity index (χ1n) is 8.07. The Labute approximate surface area is 144 Å². The third kappa shape index (κ3) is 2.12. The van der Waals surface area contributed by atoms with Crippen molar-refractivity contribution >= 4 is 27.9 Å². The van der Waals surface area contributed by atoms with E-state index in [4.69, 9.17) is 9.47 Å². The Balaban J connectivity index is 2.25. The van der Waals surface area contributed by atoms with Crippen LogP contribution in [0.25, 0.3) is 27.9 Å². The summed E-state index contributed by atoms with van der Waals surface area (Å²) in [6.45, 7) is 3.92. The van der Waals surface area contributed by atoms with Crippen molar-refractivity contribution in [2.75, 3.05) is 7.11 Å². The number of phenolic OH excluding ortho intramolecular Hbond substituents is 1. The molecule has 0 saturated heterocycles. The van der Waals surface area contributed by atoms with Crippen LogP contribution in [-0.4, -0.2) is 22.4 Å². The summed E-state index contributed by atoms with van der Waals surface area (Å²) in [5.74, 6) is 1.15. The molecule has 128 valence electrons. The molecule has 5 heteroatoms. The van der Waals surface area contributed by atoms with Gasteiger partial charge in [-0.3, -0.25) is 4.79 Å². The summed E-state index contributed by atoms with van der Waals surface area (Å²) >= 11 is 0. The van der Waals surface area contributed by atoms with Crippen LogP contribution >= 0.6 is 0 Å². The highest BCUT2D eigenvalue weighted by atomic mass is 16.5. The molecule has 3 aromatic rings. The normalized spacial score (nSPS) is 15.2. The smallest absolute Gasteiger partial charge is 0.197 e. The number of hydrogen-bond donors (Lipinski definition) is 1. The number of aromatic nitrogens is 1.